The minimum absolute atomic E-state index is 0.1000. The lowest BCUT2D eigenvalue weighted by Gasteiger charge is -2.50. The number of hydrogen-bond acceptors (Lipinski definition) is 5. The first-order valence-corrected chi connectivity index (χ1v) is 13.4. The number of carbonyl (C=O) groups excluding carboxylic acids is 2. The van der Waals surface area contributed by atoms with Crippen LogP contribution in [0.4, 0.5) is 0 Å². The van der Waals surface area contributed by atoms with E-state index in [4.69, 9.17) is 5.73 Å². The number of fused-ring (bicyclic) bond motifs is 2. The van der Waals surface area contributed by atoms with E-state index in [0.29, 0.717) is 17.9 Å². The maximum absolute atomic E-state index is 11.7. The minimum Gasteiger partial charge on any atom is -0.369 e. The maximum atomic E-state index is 11.7. The zero-order chi connectivity index (χ0) is 24.6. The van der Waals surface area contributed by atoms with E-state index in [1.807, 2.05) is 13.8 Å². The second-order valence-corrected chi connectivity index (χ2v) is 11.7. The average Bonchev–Trinajstić information content (AvgIpc) is 2.78. The van der Waals surface area contributed by atoms with Gasteiger partial charge in [-0.2, -0.15) is 0 Å². The van der Waals surface area contributed by atoms with Crippen LogP contribution in [0, 0.1) is 23.2 Å². The molecule has 5 unspecified atom stereocenters. The average molecular weight is 476 g/mol. The molecule has 2 saturated carbocycles. The molecule has 1 aromatic rings. The van der Waals surface area contributed by atoms with E-state index in [2.05, 4.69) is 62.1 Å². The van der Waals surface area contributed by atoms with E-state index < -0.39 is 5.54 Å². The largest absolute Gasteiger partial charge is 0.369 e. The van der Waals surface area contributed by atoms with Crippen LogP contribution in [0.5, 0.6) is 0 Å². The molecule has 3 rings (SSSR count). The summed E-state index contributed by atoms with van der Waals surface area (Å²) in [5.74, 6) is 2.02. The zero-order valence-corrected chi connectivity index (χ0v) is 22.3. The number of rotatable bonds is 9. The molecule has 2 aliphatic rings. The van der Waals surface area contributed by atoms with E-state index >= 15 is 0 Å². The van der Waals surface area contributed by atoms with Crippen LogP contribution in [0.1, 0.15) is 78.7 Å². The van der Waals surface area contributed by atoms with E-state index in [1.54, 1.807) is 0 Å². The van der Waals surface area contributed by atoms with Crippen molar-refractivity contribution in [2.45, 2.75) is 96.0 Å². The van der Waals surface area contributed by atoms with Crippen LogP contribution in [-0.2, 0) is 16.0 Å². The lowest BCUT2D eigenvalue weighted by Crippen LogP contribution is -2.53. The molecule has 4 N–H and O–H groups in total. The Bertz CT molecular complexity index is 767. The van der Waals surface area contributed by atoms with Gasteiger partial charge in [-0.05, 0) is 100 Å². The standard InChI is InChI=1S/C14H26N2O.C13H19NOS/c1-4-10-5-9-6-11(12(10)16-3)8-14(2,7-9)13(15)17;1-4-5-11-6-8-12(9-7-11)16-14-13(2,3)10-15/h9-12,16H,4-8H2,1-3H3,(H2,15,17);6-10,14H,4-5H2,1-3H3. The van der Waals surface area contributed by atoms with Gasteiger partial charge in [-0.1, -0.05) is 45.7 Å². The second kappa shape index (κ2) is 12.4. The highest BCUT2D eigenvalue weighted by atomic mass is 32.2. The molecule has 0 heterocycles. The molecule has 0 saturated heterocycles. The van der Waals surface area contributed by atoms with Crippen molar-refractivity contribution in [1.29, 1.82) is 0 Å². The molecule has 186 valence electrons. The Labute approximate surface area is 205 Å². The summed E-state index contributed by atoms with van der Waals surface area (Å²) in [7, 11) is 2.06. The van der Waals surface area contributed by atoms with E-state index in [-0.39, 0.29) is 11.3 Å². The van der Waals surface area contributed by atoms with Gasteiger partial charge in [0.1, 0.15) is 6.29 Å². The van der Waals surface area contributed by atoms with Gasteiger partial charge >= 0.3 is 0 Å². The molecule has 0 aliphatic heterocycles. The topological polar surface area (TPSA) is 84.2 Å². The molecule has 0 aromatic heterocycles. The number of hydrogen-bond donors (Lipinski definition) is 3. The quantitative estimate of drug-likeness (QED) is 0.341. The van der Waals surface area contributed by atoms with Gasteiger partial charge in [0, 0.05) is 16.4 Å². The van der Waals surface area contributed by atoms with E-state index in [0.717, 1.165) is 36.4 Å². The highest BCUT2D eigenvalue weighted by Crippen LogP contribution is 2.50. The Balaban J connectivity index is 0.000000234. The van der Waals surface area contributed by atoms with Crippen LogP contribution in [0.2, 0.25) is 0 Å². The molecule has 2 bridgehead atoms. The van der Waals surface area contributed by atoms with Crippen molar-refractivity contribution in [2.24, 2.45) is 28.9 Å². The fourth-order valence-electron chi connectivity index (χ4n) is 5.63. The summed E-state index contributed by atoms with van der Waals surface area (Å²) in [5.41, 5.74) is 6.22. The molecule has 5 atom stereocenters. The van der Waals surface area contributed by atoms with Gasteiger partial charge in [-0.15, -0.1) is 0 Å². The van der Waals surface area contributed by atoms with Gasteiger partial charge in [0.25, 0.3) is 0 Å². The first-order valence-electron chi connectivity index (χ1n) is 12.5. The normalized spacial score (nSPS) is 29.0. The monoisotopic (exact) mass is 475 g/mol. The summed E-state index contributed by atoms with van der Waals surface area (Å²) in [6.45, 7) is 10.2. The number of aryl methyl sites for hydroxylation is 1. The highest BCUT2D eigenvalue weighted by molar-refractivity contribution is 7.97. The van der Waals surface area contributed by atoms with E-state index in [9.17, 15) is 9.59 Å². The molecule has 6 heteroatoms. The maximum Gasteiger partial charge on any atom is 0.223 e. The Hall–Kier alpha value is -1.37. The smallest absolute Gasteiger partial charge is 0.223 e. The SMILES string of the molecule is CCC1CC2CC(CC(C)(C(N)=O)C2)C1NC.CCCc1ccc(SNC(C)(C)C=O)cc1. The first-order chi connectivity index (χ1) is 15.6. The Morgan fingerprint density at radius 3 is 2.39 bits per heavy atom. The van der Waals surface area contributed by atoms with Crippen LogP contribution < -0.4 is 15.8 Å². The van der Waals surface area contributed by atoms with Crippen molar-refractivity contribution in [3.63, 3.8) is 0 Å². The number of benzene rings is 1. The molecular formula is C27H45N3O2S. The zero-order valence-electron chi connectivity index (χ0n) is 21.4. The molecule has 1 aromatic carbocycles. The number of nitrogens with two attached hydrogens (primary N) is 1. The molecular weight excluding hydrogens is 430 g/mol. The van der Waals surface area contributed by atoms with Crippen molar-refractivity contribution in [2.75, 3.05) is 7.05 Å². The molecule has 5 nitrogen and oxygen atoms in total. The van der Waals surface area contributed by atoms with Gasteiger partial charge < -0.3 is 15.8 Å². The first kappa shape index (κ1) is 27.9. The molecule has 2 fully saturated rings. The molecule has 1 amide bonds. The van der Waals surface area contributed by atoms with Crippen molar-refractivity contribution in [3.8, 4) is 0 Å². The van der Waals surface area contributed by atoms with E-state index in [1.165, 1.54) is 43.2 Å². The predicted molar refractivity (Wildman–Crippen MR) is 139 cm³/mol. The number of amides is 1. The highest BCUT2D eigenvalue weighted by Gasteiger charge is 2.48. The summed E-state index contributed by atoms with van der Waals surface area (Å²) in [4.78, 5) is 23.5. The molecule has 0 spiro atoms. The third-order valence-electron chi connectivity index (χ3n) is 7.38. The molecule has 0 radical (unpaired) electrons. The van der Waals surface area contributed by atoms with Crippen molar-refractivity contribution in [1.82, 2.24) is 10.0 Å². The number of primary amides is 1. The number of nitrogens with one attached hydrogen (secondary N) is 2. The van der Waals surface area contributed by atoms with Crippen LogP contribution >= 0.6 is 11.9 Å². The van der Waals surface area contributed by atoms with Gasteiger partial charge in [-0.3, -0.25) is 4.79 Å². The van der Waals surface area contributed by atoms with Crippen molar-refractivity contribution >= 4 is 24.1 Å². The Morgan fingerprint density at radius 2 is 1.88 bits per heavy atom. The van der Waals surface area contributed by atoms with Gasteiger partial charge in [0.15, 0.2) is 0 Å². The fraction of sp³-hybridized carbons (Fsp3) is 0.704. The summed E-state index contributed by atoms with van der Waals surface area (Å²) >= 11 is 1.50. The Kier molecular flexibility index (Phi) is 10.4. The van der Waals surface area contributed by atoms with Crippen LogP contribution in [0.3, 0.4) is 0 Å². The summed E-state index contributed by atoms with van der Waals surface area (Å²) in [6, 6.07) is 9.03. The van der Waals surface area contributed by atoms with Crippen molar-refractivity contribution < 1.29 is 9.59 Å². The second-order valence-electron chi connectivity index (χ2n) is 10.9. The summed E-state index contributed by atoms with van der Waals surface area (Å²) < 4.78 is 3.13. The van der Waals surface area contributed by atoms with Crippen LogP contribution in [-0.4, -0.2) is 30.8 Å². The predicted octanol–water partition coefficient (Wildman–Crippen LogP) is 5.13. The van der Waals surface area contributed by atoms with Crippen molar-refractivity contribution in [3.05, 3.63) is 29.8 Å². The lowest BCUT2D eigenvalue weighted by atomic mass is 9.57. The number of aldehydes is 1. The lowest BCUT2D eigenvalue weighted by molar-refractivity contribution is -0.132. The summed E-state index contributed by atoms with van der Waals surface area (Å²) in [5, 5.41) is 3.48. The Morgan fingerprint density at radius 1 is 1.21 bits per heavy atom. The third kappa shape index (κ3) is 7.83. The molecule has 2 aliphatic carbocycles. The fourth-order valence-corrected chi connectivity index (χ4v) is 6.33. The number of carbonyl (C=O) groups is 2. The molecule has 33 heavy (non-hydrogen) atoms. The van der Waals surface area contributed by atoms with Gasteiger partial charge in [0.2, 0.25) is 5.91 Å². The van der Waals surface area contributed by atoms with Crippen LogP contribution in [0.25, 0.3) is 0 Å². The third-order valence-corrected chi connectivity index (χ3v) is 8.52. The minimum atomic E-state index is -0.479. The van der Waals surface area contributed by atoms with Gasteiger partial charge in [0.05, 0.1) is 5.54 Å². The summed E-state index contributed by atoms with van der Waals surface area (Å²) in [6.07, 6.45) is 8.98. The van der Waals surface area contributed by atoms with Gasteiger partial charge in [-0.25, -0.2) is 4.72 Å². The van der Waals surface area contributed by atoms with Crippen LogP contribution in [0.15, 0.2) is 29.2 Å².